The molecule has 1 N–H and O–H groups in total. The number of nitrogens with zero attached hydrogens (tertiary/aromatic N) is 1. The van der Waals surface area contributed by atoms with Gasteiger partial charge in [0.05, 0.1) is 18.0 Å². The van der Waals surface area contributed by atoms with Crippen LogP contribution >= 0.6 is 0 Å². The number of hydrogen-bond acceptors (Lipinski definition) is 3. The minimum atomic E-state index is -3.36. The van der Waals surface area contributed by atoms with Crippen LogP contribution in [-0.2, 0) is 10.0 Å². The molecule has 0 saturated carbocycles. The number of amides is 1. The van der Waals surface area contributed by atoms with Crippen LogP contribution in [0.2, 0.25) is 0 Å². The highest BCUT2D eigenvalue weighted by molar-refractivity contribution is 7.92. The summed E-state index contributed by atoms with van der Waals surface area (Å²) in [5, 5.41) is 3.13. The summed E-state index contributed by atoms with van der Waals surface area (Å²) in [7, 11) is -3.36. The van der Waals surface area contributed by atoms with Gasteiger partial charge < -0.3 is 5.32 Å². The van der Waals surface area contributed by atoms with Gasteiger partial charge in [0.25, 0.3) is 5.91 Å². The fourth-order valence-electron chi connectivity index (χ4n) is 3.50. The van der Waals surface area contributed by atoms with Crippen molar-refractivity contribution in [2.45, 2.75) is 19.9 Å². The number of nitrogens with one attached hydrogen (secondary N) is 1. The van der Waals surface area contributed by atoms with Gasteiger partial charge in [0.1, 0.15) is 0 Å². The lowest BCUT2D eigenvalue weighted by Gasteiger charge is -2.22. The van der Waals surface area contributed by atoms with Gasteiger partial charge in [-0.25, -0.2) is 8.42 Å². The van der Waals surface area contributed by atoms with E-state index in [-0.39, 0.29) is 11.9 Å². The SMILES string of the molecule is CCN(c1ccc(C(=O)N[C@@H](c2ccccc2)c2ccccc2C)cc1)S(C)(=O)=O. The molecule has 0 aromatic heterocycles. The molecule has 3 rings (SSSR count). The van der Waals surface area contributed by atoms with Crippen molar-refractivity contribution in [3.63, 3.8) is 0 Å². The third-order valence-electron chi connectivity index (χ3n) is 5.01. The van der Waals surface area contributed by atoms with Gasteiger partial charge in [-0.1, -0.05) is 54.6 Å². The first-order chi connectivity index (χ1) is 14.3. The molecule has 3 aromatic rings. The second-order valence-electron chi connectivity index (χ2n) is 7.15. The normalized spacial score (nSPS) is 12.2. The number of carbonyl (C=O) groups excluding carboxylic acids is 1. The molecule has 0 fully saturated rings. The van der Waals surface area contributed by atoms with Gasteiger partial charge in [0, 0.05) is 12.1 Å². The van der Waals surface area contributed by atoms with E-state index in [1.54, 1.807) is 31.2 Å². The first-order valence-corrected chi connectivity index (χ1v) is 11.6. The van der Waals surface area contributed by atoms with E-state index in [9.17, 15) is 13.2 Å². The van der Waals surface area contributed by atoms with Gasteiger partial charge in [-0.3, -0.25) is 9.10 Å². The van der Waals surface area contributed by atoms with E-state index in [4.69, 9.17) is 0 Å². The van der Waals surface area contributed by atoms with E-state index >= 15 is 0 Å². The van der Waals surface area contributed by atoms with Crippen molar-refractivity contribution in [3.05, 3.63) is 101 Å². The van der Waals surface area contributed by atoms with E-state index in [1.165, 1.54) is 10.6 Å². The Bertz CT molecular complexity index is 1110. The third-order valence-corrected chi connectivity index (χ3v) is 6.28. The van der Waals surface area contributed by atoms with Crippen LogP contribution in [0.25, 0.3) is 0 Å². The molecule has 0 spiro atoms. The van der Waals surface area contributed by atoms with E-state index < -0.39 is 10.0 Å². The van der Waals surface area contributed by atoms with Gasteiger partial charge in [0.2, 0.25) is 10.0 Å². The van der Waals surface area contributed by atoms with Crippen molar-refractivity contribution in [1.82, 2.24) is 5.32 Å². The van der Waals surface area contributed by atoms with Crippen LogP contribution in [0.15, 0.2) is 78.9 Å². The number of aryl methyl sites for hydroxylation is 1. The van der Waals surface area contributed by atoms with Crippen molar-refractivity contribution in [2.75, 3.05) is 17.1 Å². The lowest BCUT2D eigenvalue weighted by molar-refractivity contribution is 0.0943. The molecule has 0 aliphatic rings. The Morgan fingerprint density at radius 3 is 2.10 bits per heavy atom. The summed E-state index contributed by atoms with van der Waals surface area (Å²) in [6, 6.07) is 24.1. The molecule has 1 amide bonds. The van der Waals surface area contributed by atoms with Gasteiger partial charge in [-0.15, -0.1) is 0 Å². The number of benzene rings is 3. The van der Waals surface area contributed by atoms with Crippen LogP contribution in [0.1, 0.15) is 40.0 Å². The van der Waals surface area contributed by atoms with Crippen LogP contribution in [0.5, 0.6) is 0 Å². The molecule has 3 aromatic carbocycles. The van der Waals surface area contributed by atoms with E-state index in [2.05, 4.69) is 5.32 Å². The highest BCUT2D eigenvalue weighted by Crippen LogP contribution is 2.26. The van der Waals surface area contributed by atoms with E-state index in [0.29, 0.717) is 17.8 Å². The zero-order valence-electron chi connectivity index (χ0n) is 17.4. The van der Waals surface area contributed by atoms with E-state index in [0.717, 1.165) is 16.7 Å². The molecule has 0 unspecified atom stereocenters. The van der Waals surface area contributed by atoms with Crippen LogP contribution in [0, 0.1) is 6.92 Å². The van der Waals surface area contributed by atoms with Crippen molar-refractivity contribution in [2.24, 2.45) is 0 Å². The molecule has 0 bridgehead atoms. The molecule has 5 nitrogen and oxygen atoms in total. The maximum atomic E-state index is 13.0. The maximum Gasteiger partial charge on any atom is 0.252 e. The van der Waals surface area contributed by atoms with Crippen molar-refractivity contribution >= 4 is 21.6 Å². The average Bonchev–Trinajstić information content (AvgIpc) is 2.73. The number of carbonyl (C=O) groups is 1. The van der Waals surface area contributed by atoms with Gasteiger partial charge >= 0.3 is 0 Å². The molecular weight excluding hydrogens is 396 g/mol. The van der Waals surface area contributed by atoms with Crippen LogP contribution in [0.3, 0.4) is 0 Å². The molecule has 156 valence electrons. The Labute approximate surface area is 178 Å². The predicted molar refractivity (Wildman–Crippen MR) is 121 cm³/mol. The summed E-state index contributed by atoms with van der Waals surface area (Å²) in [6.07, 6.45) is 1.17. The van der Waals surface area contributed by atoms with Crippen molar-refractivity contribution in [1.29, 1.82) is 0 Å². The summed E-state index contributed by atoms with van der Waals surface area (Å²) < 4.78 is 25.1. The lowest BCUT2D eigenvalue weighted by atomic mass is 9.94. The fourth-order valence-corrected chi connectivity index (χ4v) is 4.47. The number of sulfonamides is 1. The minimum absolute atomic E-state index is 0.221. The smallest absolute Gasteiger partial charge is 0.252 e. The standard InChI is InChI=1S/C24H26N2O3S/c1-4-26(30(3,28)29)21-16-14-20(15-17-21)24(27)25-23(19-11-6-5-7-12-19)22-13-9-8-10-18(22)2/h5-17,23H,4H2,1-3H3,(H,25,27)/t23-/m0/s1. The van der Waals surface area contributed by atoms with Gasteiger partial charge in [0.15, 0.2) is 0 Å². The predicted octanol–water partition coefficient (Wildman–Crippen LogP) is 4.30. The fraction of sp³-hybridized carbons (Fsp3) is 0.208. The third kappa shape index (κ3) is 4.89. The zero-order valence-corrected chi connectivity index (χ0v) is 18.2. The summed E-state index contributed by atoms with van der Waals surface area (Å²) >= 11 is 0. The van der Waals surface area contributed by atoms with Gasteiger partial charge in [-0.2, -0.15) is 0 Å². The molecule has 30 heavy (non-hydrogen) atoms. The highest BCUT2D eigenvalue weighted by Gasteiger charge is 2.20. The Kier molecular flexibility index (Phi) is 6.57. The van der Waals surface area contributed by atoms with Crippen molar-refractivity contribution < 1.29 is 13.2 Å². The Morgan fingerprint density at radius 1 is 0.933 bits per heavy atom. The van der Waals surface area contributed by atoms with Crippen LogP contribution in [0.4, 0.5) is 5.69 Å². The number of hydrogen-bond donors (Lipinski definition) is 1. The topological polar surface area (TPSA) is 66.5 Å². The number of anilines is 1. The Balaban J connectivity index is 1.89. The van der Waals surface area contributed by atoms with Crippen LogP contribution < -0.4 is 9.62 Å². The zero-order chi connectivity index (χ0) is 21.7. The Morgan fingerprint density at radius 2 is 1.53 bits per heavy atom. The van der Waals surface area contributed by atoms with Gasteiger partial charge in [-0.05, 0) is 54.8 Å². The molecular formula is C24H26N2O3S. The summed E-state index contributed by atoms with van der Waals surface area (Å²) in [5.74, 6) is -0.221. The lowest BCUT2D eigenvalue weighted by Crippen LogP contribution is -2.30. The summed E-state index contributed by atoms with van der Waals surface area (Å²) in [6.45, 7) is 4.12. The first kappa shape index (κ1) is 21.6. The monoisotopic (exact) mass is 422 g/mol. The van der Waals surface area contributed by atoms with Crippen molar-refractivity contribution in [3.8, 4) is 0 Å². The second-order valence-corrected chi connectivity index (χ2v) is 9.06. The molecule has 1 atom stereocenters. The quantitative estimate of drug-likeness (QED) is 0.617. The van der Waals surface area contributed by atoms with E-state index in [1.807, 2.05) is 61.5 Å². The second kappa shape index (κ2) is 9.13. The Hall–Kier alpha value is -3.12. The average molecular weight is 423 g/mol. The molecule has 0 radical (unpaired) electrons. The minimum Gasteiger partial charge on any atom is -0.341 e. The summed E-state index contributed by atoms with van der Waals surface area (Å²) in [4.78, 5) is 13.0. The highest BCUT2D eigenvalue weighted by atomic mass is 32.2. The summed E-state index contributed by atoms with van der Waals surface area (Å²) in [5.41, 5.74) is 4.12. The largest absolute Gasteiger partial charge is 0.341 e. The molecule has 0 heterocycles. The first-order valence-electron chi connectivity index (χ1n) is 9.80. The molecule has 0 aliphatic carbocycles. The molecule has 6 heteroatoms. The molecule has 0 aliphatic heterocycles. The maximum absolute atomic E-state index is 13.0. The molecule has 0 saturated heterocycles. The number of rotatable bonds is 7. The van der Waals surface area contributed by atoms with Crippen LogP contribution in [-0.4, -0.2) is 27.1 Å².